The first-order chi connectivity index (χ1) is 15.0. The Morgan fingerprint density at radius 1 is 1.03 bits per heavy atom. The van der Waals surface area contributed by atoms with Gasteiger partial charge in [0, 0.05) is 19.3 Å². The van der Waals surface area contributed by atoms with Crippen molar-refractivity contribution in [3.63, 3.8) is 0 Å². The Hall–Kier alpha value is -3.45. The normalized spacial score (nSPS) is 10.4. The summed E-state index contributed by atoms with van der Waals surface area (Å²) in [4.78, 5) is 24.9. The molecule has 0 radical (unpaired) electrons. The number of carbonyl (C=O) groups is 1. The largest absolute Gasteiger partial charge is 0.368 e. The van der Waals surface area contributed by atoms with Crippen LogP contribution in [0.4, 0.5) is 14.6 Å². The molecule has 0 spiro atoms. The maximum atomic E-state index is 13.3. The van der Waals surface area contributed by atoms with Gasteiger partial charge in [-0.15, -0.1) is 0 Å². The average Bonchev–Trinajstić information content (AvgIpc) is 2.77. The van der Waals surface area contributed by atoms with Crippen molar-refractivity contribution < 1.29 is 13.6 Å². The van der Waals surface area contributed by atoms with Crippen LogP contribution in [-0.4, -0.2) is 33.9 Å². The zero-order valence-electron chi connectivity index (χ0n) is 16.2. The lowest BCUT2D eigenvalue weighted by Crippen LogP contribution is -2.28. The second-order valence-corrected chi connectivity index (χ2v) is 7.30. The molecule has 3 aromatic rings. The summed E-state index contributed by atoms with van der Waals surface area (Å²) < 4.78 is 27.1. The fourth-order valence-electron chi connectivity index (χ4n) is 2.71. The lowest BCUT2D eigenvalue weighted by Gasteiger charge is -2.11. The van der Waals surface area contributed by atoms with Crippen LogP contribution in [0.25, 0.3) is 0 Å². The average molecular weight is 487 g/mol. The number of nitrogens with zero attached hydrogens (tertiary/aromatic N) is 4. The number of rotatable bonds is 8. The fraction of sp³-hybridized carbons (Fsp3) is 0.190. The summed E-state index contributed by atoms with van der Waals surface area (Å²) in [6, 6.07) is 9.19. The van der Waals surface area contributed by atoms with Crippen LogP contribution in [0.15, 0.2) is 47.3 Å². The van der Waals surface area contributed by atoms with E-state index < -0.39 is 17.5 Å². The van der Waals surface area contributed by atoms with Crippen molar-refractivity contribution in [2.24, 2.45) is 0 Å². The standard InChI is InChI=1S/C21H17BrF2N6O/c22-18-4-2-14(11-28-18)6-7-26-20-19(30-15(10-25)12-29-20)21(31)27-8-5-13-1-3-16(23)17(24)9-13/h1-4,9,11-12H,5-8H2,(H,26,29)(H,27,31). The van der Waals surface area contributed by atoms with E-state index in [4.69, 9.17) is 5.26 Å². The summed E-state index contributed by atoms with van der Waals surface area (Å²) in [5.74, 6) is -2.15. The van der Waals surface area contributed by atoms with Gasteiger partial charge < -0.3 is 10.6 Å². The molecule has 1 amide bonds. The molecular formula is C21H17BrF2N6O. The number of amides is 1. The third-order valence-corrected chi connectivity index (χ3v) is 4.75. The molecule has 1 aromatic carbocycles. The first kappa shape index (κ1) is 22.2. The zero-order valence-corrected chi connectivity index (χ0v) is 17.8. The highest BCUT2D eigenvalue weighted by atomic mass is 79.9. The monoisotopic (exact) mass is 486 g/mol. The second-order valence-electron chi connectivity index (χ2n) is 6.48. The Morgan fingerprint density at radius 2 is 1.81 bits per heavy atom. The van der Waals surface area contributed by atoms with Gasteiger partial charge in [-0.25, -0.2) is 23.7 Å². The number of benzene rings is 1. The molecule has 3 rings (SSSR count). The van der Waals surface area contributed by atoms with Crippen molar-refractivity contribution in [1.29, 1.82) is 5.26 Å². The van der Waals surface area contributed by atoms with Crippen molar-refractivity contribution in [1.82, 2.24) is 20.3 Å². The molecule has 0 bridgehead atoms. The summed E-state index contributed by atoms with van der Waals surface area (Å²) >= 11 is 3.28. The van der Waals surface area contributed by atoms with Gasteiger partial charge in [-0.3, -0.25) is 4.79 Å². The molecule has 0 aliphatic carbocycles. The van der Waals surface area contributed by atoms with E-state index in [-0.39, 0.29) is 23.8 Å². The van der Waals surface area contributed by atoms with E-state index in [0.717, 1.165) is 22.3 Å². The highest BCUT2D eigenvalue weighted by molar-refractivity contribution is 9.10. The Morgan fingerprint density at radius 3 is 2.52 bits per heavy atom. The van der Waals surface area contributed by atoms with E-state index in [1.807, 2.05) is 18.2 Å². The predicted molar refractivity (Wildman–Crippen MR) is 113 cm³/mol. The number of carbonyl (C=O) groups excluding carboxylic acids is 1. The third-order valence-electron chi connectivity index (χ3n) is 4.28. The van der Waals surface area contributed by atoms with Gasteiger partial charge in [0.25, 0.3) is 5.91 Å². The van der Waals surface area contributed by atoms with Crippen LogP contribution < -0.4 is 10.6 Å². The molecule has 0 saturated heterocycles. The first-order valence-electron chi connectivity index (χ1n) is 9.30. The van der Waals surface area contributed by atoms with Gasteiger partial charge in [-0.1, -0.05) is 12.1 Å². The molecule has 158 valence electrons. The smallest absolute Gasteiger partial charge is 0.273 e. The van der Waals surface area contributed by atoms with Crippen molar-refractivity contribution in [3.8, 4) is 6.07 Å². The van der Waals surface area contributed by atoms with E-state index in [1.54, 1.807) is 6.20 Å². The Kier molecular flexibility index (Phi) is 7.56. The van der Waals surface area contributed by atoms with Gasteiger partial charge in [-0.2, -0.15) is 5.26 Å². The van der Waals surface area contributed by atoms with Crippen LogP contribution in [0, 0.1) is 23.0 Å². The van der Waals surface area contributed by atoms with Crippen molar-refractivity contribution >= 4 is 27.7 Å². The molecule has 0 unspecified atom stereocenters. The fourth-order valence-corrected chi connectivity index (χ4v) is 2.94. The van der Waals surface area contributed by atoms with E-state index in [2.05, 4.69) is 41.5 Å². The lowest BCUT2D eigenvalue weighted by molar-refractivity contribution is 0.0949. The molecule has 0 fully saturated rings. The molecular weight excluding hydrogens is 470 g/mol. The van der Waals surface area contributed by atoms with Crippen LogP contribution in [0.5, 0.6) is 0 Å². The van der Waals surface area contributed by atoms with Crippen molar-refractivity contribution in [2.75, 3.05) is 18.4 Å². The number of nitriles is 1. The van der Waals surface area contributed by atoms with Crippen LogP contribution in [0.1, 0.15) is 27.3 Å². The van der Waals surface area contributed by atoms with Gasteiger partial charge in [0.15, 0.2) is 28.8 Å². The van der Waals surface area contributed by atoms with Crippen LogP contribution in [0.2, 0.25) is 0 Å². The lowest BCUT2D eigenvalue weighted by atomic mass is 10.1. The van der Waals surface area contributed by atoms with Gasteiger partial charge in [0.05, 0.1) is 6.20 Å². The van der Waals surface area contributed by atoms with E-state index in [0.29, 0.717) is 24.9 Å². The molecule has 0 aliphatic rings. The van der Waals surface area contributed by atoms with Gasteiger partial charge in [-0.05, 0) is 58.1 Å². The molecule has 2 N–H and O–H groups in total. The van der Waals surface area contributed by atoms with Crippen LogP contribution in [0.3, 0.4) is 0 Å². The highest BCUT2D eigenvalue weighted by Crippen LogP contribution is 2.12. The molecule has 7 nitrogen and oxygen atoms in total. The predicted octanol–water partition coefficient (Wildman–Crippen LogP) is 3.41. The molecule has 2 heterocycles. The number of pyridine rings is 1. The summed E-state index contributed by atoms with van der Waals surface area (Å²) in [5.41, 5.74) is 1.53. The highest BCUT2D eigenvalue weighted by Gasteiger charge is 2.16. The first-order valence-corrected chi connectivity index (χ1v) is 10.1. The second kappa shape index (κ2) is 10.5. The maximum Gasteiger partial charge on any atom is 0.273 e. The molecule has 0 aliphatic heterocycles. The quantitative estimate of drug-likeness (QED) is 0.472. The molecule has 31 heavy (non-hydrogen) atoms. The third kappa shape index (κ3) is 6.26. The van der Waals surface area contributed by atoms with E-state index in [9.17, 15) is 13.6 Å². The number of hydrogen-bond donors (Lipinski definition) is 2. The molecule has 10 heteroatoms. The maximum absolute atomic E-state index is 13.3. The van der Waals surface area contributed by atoms with E-state index in [1.165, 1.54) is 12.3 Å². The summed E-state index contributed by atoms with van der Waals surface area (Å²) in [6.45, 7) is 0.644. The van der Waals surface area contributed by atoms with Crippen molar-refractivity contribution in [2.45, 2.75) is 12.8 Å². The minimum Gasteiger partial charge on any atom is -0.368 e. The molecule has 0 saturated carbocycles. The van der Waals surface area contributed by atoms with Crippen LogP contribution >= 0.6 is 15.9 Å². The van der Waals surface area contributed by atoms with Gasteiger partial charge in [0.2, 0.25) is 0 Å². The number of nitrogens with one attached hydrogen (secondary N) is 2. The number of anilines is 1. The molecule has 0 atom stereocenters. The number of halogens is 3. The summed E-state index contributed by atoms with van der Waals surface area (Å²) in [6.07, 6.45) is 3.95. The summed E-state index contributed by atoms with van der Waals surface area (Å²) in [7, 11) is 0. The minimum atomic E-state index is -0.941. The SMILES string of the molecule is N#Cc1cnc(NCCc2ccc(Br)nc2)c(C(=O)NCCc2ccc(F)c(F)c2)n1. The number of hydrogen-bond acceptors (Lipinski definition) is 6. The van der Waals surface area contributed by atoms with Gasteiger partial charge in [0.1, 0.15) is 10.7 Å². The Labute approximate surface area is 185 Å². The van der Waals surface area contributed by atoms with Crippen molar-refractivity contribution in [3.05, 3.63) is 81.5 Å². The number of aromatic nitrogens is 3. The topological polar surface area (TPSA) is 104 Å². The van der Waals surface area contributed by atoms with Crippen LogP contribution in [-0.2, 0) is 12.8 Å². The molecule has 2 aromatic heterocycles. The summed E-state index contributed by atoms with van der Waals surface area (Å²) in [5, 5.41) is 14.8. The Bertz CT molecular complexity index is 1120. The minimum absolute atomic E-state index is 0.00779. The van der Waals surface area contributed by atoms with Gasteiger partial charge >= 0.3 is 0 Å². The van der Waals surface area contributed by atoms with E-state index >= 15 is 0 Å². The Balaban J connectivity index is 1.62. The zero-order chi connectivity index (χ0) is 22.2.